The number of rotatable bonds is 3. The minimum absolute atomic E-state index is 0.357. The quantitative estimate of drug-likeness (QED) is 0.637. The second-order valence-corrected chi connectivity index (χ2v) is 4.96. The fourth-order valence-corrected chi connectivity index (χ4v) is 2.06. The third-order valence-electron chi connectivity index (χ3n) is 2.34. The standard InChI is InChI=1S/C13H10Cl3NO2/c1-18-8-2-7(17)3-9(4-8)19-13-6-11(15)10(14)5-12(13)16/h2-6H,17H2,1H3. The Labute approximate surface area is 125 Å². The third kappa shape index (κ3) is 3.38. The van der Waals surface area contributed by atoms with E-state index in [-0.39, 0.29) is 0 Å². The van der Waals surface area contributed by atoms with E-state index in [9.17, 15) is 0 Å². The summed E-state index contributed by atoms with van der Waals surface area (Å²) in [5.41, 5.74) is 6.26. The van der Waals surface area contributed by atoms with E-state index in [4.69, 9.17) is 50.0 Å². The molecule has 0 spiro atoms. The number of nitrogen functional groups attached to an aromatic ring is 1. The highest BCUT2D eigenvalue weighted by molar-refractivity contribution is 6.43. The molecule has 0 aliphatic heterocycles. The Bertz CT molecular complexity index is 617. The number of hydrogen-bond donors (Lipinski definition) is 1. The highest BCUT2D eigenvalue weighted by Crippen LogP contribution is 2.37. The van der Waals surface area contributed by atoms with Crippen LogP contribution in [0.15, 0.2) is 30.3 Å². The first-order valence-corrected chi connectivity index (χ1v) is 6.40. The van der Waals surface area contributed by atoms with Gasteiger partial charge in [-0.25, -0.2) is 0 Å². The number of methoxy groups -OCH3 is 1. The molecule has 3 nitrogen and oxygen atoms in total. The molecular formula is C13H10Cl3NO2. The zero-order chi connectivity index (χ0) is 14.0. The normalized spacial score (nSPS) is 10.3. The van der Waals surface area contributed by atoms with Crippen molar-refractivity contribution in [2.24, 2.45) is 0 Å². The Kier molecular flexibility index (Phi) is 4.30. The van der Waals surface area contributed by atoms with Crippen LogP contribution in [0.3, 0.4) is 0 Å². The molecule has 0 radical (unpaired) electrons. The molecule has 0 atom stereocenters. The minimum Gasteiger partial charge on any atom is -0.497 e. The van der Waals surface area contributed by atoms with Crippen molar-refractivity contribution in [1.82, 2.24) is 0 Å². The summed E-state index contributed by atoms with van der Waals surface area (Å²) in [5.74, 6) is 1.48. The molecule has 0 bridgehead atoms. The van der Waals surface area contributed by atoms with Crippen molar-refractivity contribution in [3.05, 3.63) is 45.4 Å². The van der Waals surface area contributed by atoms with E-state index < -0.39 is 0 Å². The molecule has 2 rings (SSSR count). The maximum Gasteiger partial charge on any atom is 0.147 e. The number of benzene rings is 2. The van der Waals surface area contributed by atoms with Crippen LogP contribution in [0.1, 0.15) is 0 Å². The molecule has 2 N–H and O–H groups in total. The van der Waals surface area contributed by atoms with Crippen LogP contribution in [0.4, 0.5) is 5.69 Å². The fraction of sp³-hybridized carbons (Fsp3) is 0.0769. The third-order valence-corrected chi connectivity index (χ3v) is 3.36. The van der Waals surface area contributed by atoms with Gasteiger partial charge in [0.05, 0.1) is 22.2 Å². The van der Waals surface area contributed by atoms with E-state index in [0.717, 1.165) is 0 Å². The highest BCUT2D eigenvalue weighted by atomic mass is 35.5. The van der Waals surface area contributed by atoms with Gasteiger partial charge in [-0.1, -0.05) is 34.8 Å². The minimum atomic E-state index is 0.357. The first-order valence-electron chi connectivity index (χ1n) is 5.26. The lowest BCUT2D eigenvalue weighted by Crippen LogP contribution is -1.92. The summed E-state index contributed by atoms with van der Waals surface area (Å²) in [4.78, 5) is 0. The Morgan fingerprint density at radius 1 is 0.842 bits per heavy atom. The van der Waals surface area contributed by atoms with Gasteiger partial charge in [0.2, 0.25) is 0 Å². The van der Waals surface area contributed by atoms with Crippen LogP contribution in [-0.2, 0) is 0 Å². The number of hydrogen-bond acceptors (Lipinski definition) is 3. The zero-order valence-electron chi connectivity index (χ0n) is 9.91. The SMILES string of the molecule is COc1cc(N)cc(Oc2cc(Cl)c(Cl)cc2Cl)c1. The van der Waals surface area contributed by atoms with Gasteiger partial charge >= 0.3 is 0 Å². The van der Waals surface area contributed by atoms with E-state index >= 15 is 0 Å². The largest absolute Gasteiger partial charge is 0.497 e. The van der Waals surface area contributed by atoms with E-state index in [1.165, 1.54) is 6.07 Å². The van der Waals surface area contributed by atoms with Gasteiger partial charge in [-0.15, -0.1) is 0 Å². The number of anilines is 1. The maximum absolute atomic E-state index is 6.03. The van der Waals surface area contributed by atoms with Gasteiger partial charge in [-0.3, -0.25) is 0 Å². The summed E-state index contributed by atoms with van der Waals surface area (Å²) in [6, 6.07) is 8.09. The maximum atomic E-state index is 6.03. The summed E-state index contributed by atoms with van der Waals surface area (Å²) < 4.78 is 10.7. The second kappa shape index (κ2) is 5.78. The summed E-state index contributed by atoms with van der Waals surface area (Å²) in [6.07, 6.45) is 0. The average Bonchev–Trinajstić information content (AvgIpc) is 2.35. The molecule has 6 heteroatoms. The van der Waals surface area contributed by atoms with Crippen molar-refractivity contribution in [2.75, 3.05) is 12.8 Å². The molecule has 0 aliphatic carbocycles. The molecule has 0 amide bonds. The Balaban J connectivity index is 2.36. The van der Waals surface area contributed by atoms with Gasteiger partial charge in [0.15, 0.2) is 0 Å². The van der Waals surface area contributed by atoms with Crippen molar-refractivity contribution in [3.8, 4) is 17.2 Å². The van der Waals surface area contributed by atoms with E-state index in [2.05, 4.69) is 0 Å². The van der Waals surface area contributed by atoms with Gasteiger partial charge in [0, 0.05) is 30.0 Å². The number of ether oxygens (including phenoxy) is 2. The van der Waals surface area contributed by atoms with Crippen molar-refractivity contribution >= 4 is 40.5 Å². The van der Waals surface area contributed by atoms with Crippen LogP contribution in [0.5, 0.6) is 17.2 Å². The summed E-state index contributed by atoms with van der Waals surface area (Å²) >= 11 is 17.8. The predicted molar refractivity (Wildman–Crippen MR) is 79.0 cm³/mol. The molecule has 0 saturated carbocycles. The van der Waals surface area contributed by atoms with Crippen LogP contribution in [-0.4, -0.2) is 7.11 Å². The van der Waals surface area contributed by atoms with E-state index in [1.54, 1.807) is 31.4 Å². The molecule has 2 aromatic carbocycles. The lowest BCUT2D eigenvalue weighted by atomic mass is 10.3. The van der Waals surface area contributed by atoms with Gasteiger partial charge in [-0.05, 0) is 6.07 Å². The molecule has 2 aromatic rings. The fourth-order valence-electron chi connectivity index (χ4n) is 1.48. The molecule has 19 heavy (non-hydrogen) atoms. The van der Waals surface area contributed by atoms with Crippen LogP contribution >= 0.6 is 34.8 Å². The van der Waals surface area contributed by atoms with Crippen LogP contribution in [0.25, 0.3) is 0 Å². The first kappa shape index (κ1) is 14.1. The monoisotopic (exact) mass is 317 g/mol. The Hall–Kier alpha value is -1.29. The van der Waals surface area contributed by atoms with E-state index in [0.29, 0.717) is 38.0 Å². The average molecular weight is 319 g/mol. The molecule has 0 aliphatic rings. The van der Waals surface area contributed by atoms with Crippen LogP contribution in [0, 0.1) is 0 Å². The van der Waals surface area contributed by atoms with Crippen molar-refractivity contribution in [3.63, 3.8) is 0 Å². The summed E-state index contributed by atoms with van der Waals surface area (Å²) in [5, 5.41) is 1.08. The molecular weight excluding hydrogens is 309 g/mol. The van der Waals surface area contributed by atoms with Crippen LogP contribution in [0.2, 0.25) is 15.1 Å². The summed E-state index contributed by atoms with van der Waals surface area (Å²) in [7, 11) is 1.55. The topological polar surface area (TPSA) is 44.5 Å². The van der Waals surface area contributed by atoms with Crippen molar-refractivity contribution in [1.29, 1.82) is 0 Å². The van der Waals surface area contributed by atoms with Crippen molar-refractivity contribution < 1.29 is 9.47 Å². The van der Waals surface area contributed by atoms with Gasteiger partial charge < -0.3 is 15.2 Å². The Morgan fingerprint density at radius 3 is 2.16 bits per heavy atom. The molecule has 0 aromatic heterocycles. The molecule has 0 unspecified atom stereocenters. The molecule has 0 saturated heterocycles. The molecule has 0 heterocycles. The van der Waals surface area contributed by atoms with Crippen LogP contribution < -0.4 is 15.2 Å². The van der Waals surface area contributed by atoms with Gasteiger partial charge in [0.25, 0.3) is 0 Å². The Morgan fingerprint density at radius 2 is 1.47 bits per heavy atom. The van der Waals surface area contributed by atoms with E-state index in [1.807, 2.05) is 0 Å². The van der Waals surface area contributed by atoms with Gasteiger partial charge in [-0.2, -0.15) is 0 Å². The smallest absolute Gasteiger partial charge is 0.147 e. The zero-order valence-corrected chi connectivity index (χ0v) is 12.2. The lowest BCUT2D eigenvalue weighted by Gasteiger charge is -2.11. The highest BCUT2D eigenvalue weighted by Gasteiger charge is 2.09. The predicted octanol–water partition coefficient (Wildman–Crippen LogP) is 5.03. The lowest BCUT2D eigenvalue weighted by molar-refractivity contribution is 0.409. The summed E-state index contributed by atoms with van der Waals surface area (Å²) in [6.45, 7) is 0. The van der Waals surface area contributed by atoms with Crippen molar-refractivity contribution in [2.45, 2.75) is 0 Å². The molecule has 0 fully saturated rings. The second-order valence-electron chi connectivity index (χ2n) is 3.74. The first-order chi connectivity index (χ1) is 8.99. The number of nitrogens with two attached hydrogens (primary N) is 1. The van der Waals surface area contributed by atoms with Gasteiger partial charge in [0.1, 0.15) is 17.2 Å². The number of halogens is 3. The molecule has 100 valence electrons.